The minimum atomic E-state index is -0.0410. The largest absolute Gasteiger partial charge is 0.497 e. The van der Waals surface area contributed by atoms with Crippen molar-refractivity contribution in [3.8, 4) is 5.75 Å². The second kappa shape index (κ2) is 8.17. The number of nitrogens with zero attached hydrogens (tertiary/aromatic N) is 3. The lowest BCUT2D eigenvalue weighted by Gasteiger charge is -2.32. The Hall–Kier alpha value is -2.28. The molecule has 148 valence electrons. The zero-order chi connectivity index (χ0) is 19.6. The summed E-state index contributed by atoms with van der Waals surface area (Å²) in [4.78, 5) is 30.6. The van der Waals surface area contributed by atoms with E-state index in [9.17, 15) is 9.59 Å². The Morgan fingerprint density at radius 2 is 1.85 bits per heavy atom. The number of hydrogen-bond acceptors (Lipinski definition) is 4. The molecule has 0 spiro atoms. The van der Waals surface area contributed by atoms with E-state index in [1.807, 2.05) is 41.0 Å². The smallest absolute Gasteiger partial charge is 0.320 e. The van der Waals surface area contributed by atoms with Gasteiger partial charge in [-0.05, 0) is 24.6 Å². The maximum Gasteiger partial charge on any atom is 0.320 e. The summed E-state index contributed by atoms with van der Waals surface area (Å²) in [6, 6.07) is 7.86. The molecule has 2 saturated heterocycles. The summed E-state index contributed by atoms with van der Waals surface area (Å²) in [5.74, 6) is 1.34. The van der Waals surface area contributed by atoms with Gasteiger partial charge in [-0.1, -0.05) is 12.1 Å². The van der Waals surface area contributed by atoms with Crippen LogP contribution in [0.4, 0.5) is 4.79 Å². The molecule has 0 unspecified atom stereocenters. The summed E-state index contributed by atoms with van der Waals surface area (Å²) in [6.45, 7) is 4.55. The van der Waals surface area contributed by atoms with E-state index in [-0.39, 0.29) is 36.4 Å². The molecule has 7 nitrogen and oxygen atoms in total. The van der Waals surface area contributed by atoms with Gasteiger partial charge in [-0.15, -0.1) is 0 Å². The van der Waals surface area contributed by atoms with Gasteiger partial charge in [0, 0.05) is 52.2 Å². The van der Waals surface area contributed by atoms with Crippen molar-refractivity contribution in [3.63, 3.8) is 0 Å². The number of amides is 3. The number of urea groups is 1. The number of hydrogen-bond donors (Lipinski definition) is 0. The molecule has 0 aromatic heterocycles. The Labute approximate surface area is 160 Å². The number of benzene rings is 1. The molecule has 0 radical (unpaired) electrons. The summed E-state index contributed by atoms with van der Waals surface area (Å²) >= 11 is 0. The molecule has 0 bridgehead atoms. The standard InChI is InChI=1S/C20H29N3O4/c1-5-27-13-18(24)22-10-15-11-23(20(25)21(2)3)19(17(15)12-22)14-6-8-16(26-4)9-7-14/h6-9,15,17,19H,5,10-13H2,1-4H3/t15-,17-,19+/m1/s1. The molecule has 2 aliphatic heterocycles. The maximum absolute atomic E-state index is 12.8. The van der Waals surface area contributed by atoms with E-state index in [4.69, 9.17) is 9.47 Å². The van der Waals surface area contributed by atoms with Crippen LogP contribution in [0, 0.1) is 11.8 Å². The molecule has 7 heteroatoms. The third-order valence-electron chi connectivity index (χ3n) is 5.53. The number of likely N-dealkylation sites (tertiary alicyclic amines) is 2. The van der Waals surface area contributed by atoms with Gasteiger partial charge in [0.05, 0.1) is 13.2 Å². The van der Waals surface area contributed by atoms with Gasteiger partial charge in [0.2, 0.25) is 5.91 Å². The average molecular weight is 375 g/mol. The highest BCUT2D eigenvalue weighted by atomic mass is 16.5. The van der Waals surface area contributed by atoms with Crippen LogP contribution in [0.2, 0.25) is 0 Å². The molecule has 0 N–H and O–H groups in total. The van der Waals surface area contributed by atoms with Crippen molar-refractivity contribution in [1.29, 1.82) is 0 Å². The third kappa shape index (κ3) is 3.88. The van der Waals surface area contributed by atoms with E-state index >= 15 is 0 Å². The maximum atomic E-state index is 12.8. The van der Waals surface area contributed by atoms with Crippen LogP contribution < -0.4 is 4.74 Å². The fourth-order valence-electron chi connectivity index (χ4n) is 4.21. The molecule has 2 aliphatic rings. The highest BCUT2D eigenvalue weighted by molar-refractivity contribution is 5.78. The minimum Gasteiger partial charge on any atom is -0.497 e. The second-order valence-corrected chi connectivity index (χ2v) is 7.41. The van der Waals surface area contributed by atoms with Crippen LogP contribution in [0.1, 0.15) is 18.5 Å². The first-order valence-electron chi connectivity index (χ1n) is 9.43. The molecule has 1 aromatic carbocycles. The van der Waals surface area contributed by atoms with E-state index in [1.165, 1.54) is 0 Å². The van der Waals surface area contributed by atoms with Crippen LogP contribution in [0.15, 0.2) is 24.3 Å². The molecule has 2 fully saturated rings. The molecular formula is C20H29N3O4. The Kier molecular flexibility index (Phi) is 5.89. The van der Waals surface area contributed by atoms with Gasteiger partial charge in [0.25, 0.3) is 0 Å². The minimum absolute atomic E-state index is 0.0115. The lowest BCUT2D eigenvalue weighted by atomic mass is 9.89. The van der Waals surface area contributed by atoms with E-state index in [0.717, 1.165) is 11.3 Å². The van der Waals surface area contributed by atoms with Gasteiger partial charge in [-0.3, -0.25) is 4.79 Å². The van der Waals surface area contributed by atoms with Crippen molar-refractivity contribution in [2.75, 3.05) is 54.1 Å². The highest BCUT2D eigenvalue weighted by Crippen LogP contribution is 2.45. The zero-order valence-electron chi connectivity index (χ0n) is 16.6. The van der Waals surface area contributed by atoms with Crippen LogP contribution in [0.3, 0.4) is 0 Å². The third-order valence-corrected chi connectivity index (χ3v) is 5.53. The molecule has 3 rings (SSSR count). The molecule has 2 heterocycles. The number of carbonyl (C=O) groups excluding carboxylic acids is 2. The molecule has 1 aromatic rings. The molecule has 3 atom stereocenters. The van der Waals surface area contributed by atoms with Crippen molar-refractivity contribution in [2.24, 2.45) is 11.8 Å². The van der Waals surface area contributed by atoms with E-state index < -0.39 is 0 Å². The predicted molar refractivity (Wildman–Crippen MR) is 102 cm³/mol. The molecule has 27 heavy (non-hydrogen) atoms. The fourth-order valence-corrected chi connectivity index (χ4v) is 4.21. The topological polar surface area (TPSA) is 62.3 Å². The first kappa shape index (κ1) is 19.5. The summed E-state index contributed by atoms with van der Waals surface area (Å²) in [5.41, 5.74) is 1.08. The predicted octanol–water partition coefficient (Wildman–Crippen LogP) is 1.84. The molecular weight excluding hydrogens is 346 g/mol. The van der Waals surface area contributed by atoms with Gasteiger partial charge in [0.15, 0.2) is 0 Å². The van der Waals surface area contributed by atoms with Crippen LogP contribution in [0.5, 0.6) is 5.75 Å². The quantitative estimate of drug-likeness (QED) is 0.788. The van der Waals surface area contributed by atoms with Crippen LogP contribution >= 0.6 is 0 Å². The SMILES string of the molecule is CCOCC(=O)N1C[C@@H]2CN(C(=O)N(C)C)[C@@H](c3ccc(OC)cc3)[C@@H]2C1. The summed E-state index contributed by atoms with van der Waals surface area (Å²) in [5, 5.41) is 0. The summed E-state index contributed by atoms with van der Waals surface area (Å²) < 4.78 is 10.5. The average Bonchev–Trinajstić information content (AvgIpc) is 3.23. The van der Waals surface area contributed by atoms with Gasteiger partial charge < -0.3 is 24.2 Å². The van der Waals surface area contributed by atoms with E-state index in [2.05, 4.69) is 0 Å². The zero-order valence-corrected chi connectivity index (χ0v) is 16.6. The monoisotopic (exact) mass is 375 g/mol. The number of methoxy groups -OCH3 is 1. The normalized spacial score (nSPS) is 24.1. The van der Waals surface area contributed by atoms with Gasteiger partial charge >= 0.3 is 6.03 Å². The first-order chi connectivity index (χ1) is 13.0. The second-order valence-electron chi connectivity index (χ2n) is 7.41. The van der Waals surface area contributed by atoms with Crippen molar-refractivity contribution in [1.82, 2.24) is 14.7 Å². The van der Waals surface area contributed by atoms with Crippen molar-refractivity contribution >= 4 is 11.9 Å². The van der Waals surface area contributed by atoms with Crippen LogP contribution in [0.25, 0.3) is 0 Å². The highest BCUT2D eigenvalue weighted by Gasteiger charge is 2.50. The Balaban J connectivity index is 1.83. The van der Waals surface area contributed by atoms with Crippen LogP contribution in [-0.2, 0) is 9.53 Å². The number of fused-ring (bicyclic) bond motifs is 1. The van der Waals surface area contributed by atoms with Crippen molar-refractivity contribution < 1.29 is 19.1 Å². The lowest BCUT2D eigenvalue weighted by Crippen LogP contribution is -2.42. The van der Waals surface area contributed by atoms with Gasteiger partial charge in [0.1, 0.15) is 12.4 Å². The van der Waals surface area contributed by atoms with Crippen LogP contribution in [-0.4, -0.2) is 80.7 Å². The Morgan fingerprint density at radius 3 is 2.44 bits per heavy atom. The van der Waals surface area contributed by atoms with Gasteiger partial charge in [-0.25, -0.2) is 4.79 Å². The molecule has 0 aliphatic carbocycles. The Bertz CT molecular complexity index is 676. The number of rotatable bonds is 5. The first-order valence-corrected chi connectivity index (χ1v) is 9.43. The summed E-state index contributed by atoms with van der Waals surface area (Å²) in [6.07, 6.45) is 0. The van der Waals surface area contributed by atoms with Crippen molar-refractivity contribution in [2.45, 2.75) is 13.0 Å². The number of carbonyl (C=O) groups is 2. The number of ether oxygens (including phenoxy) is 2. The summed E-state index contributed by atoms with van der Waals surface area (Å²) in [7, 11) is 5.19. The van der Waals surface area contributed by atoms with Crippen molar-refractivity contribution in [3.05, 3.63) is 29.8 Å². The lowest BCUT2D eigenvalue weighted by molar-refractivity contribution is -0.135. The molecule has 3 amide bonds. The van der Waals surface area contributed by atoms with E-state index in [1.54, 1.807) is 26.1 Å². The molecule has 0 saturated carbocycles. The van der Waals surface area contributed by atoms with Gasteiger partial charge in [-0.2, -0.15) is 0 Å². The van der Waals surface area contributed by atoms with E-state index in [0.29, 0.717) is 26.2 Å². The fraction of sp³-hybridized carbons (Fsp3) is 0.600. The Morgan fingerprint density at radius 1 is 1.15 bits per heavy atom.